The normalized spacial score (nSPS) is 15.2. The molecule has 10 heteroatoms. The average Bonchev–Trinajstić information content (AvgIpc) is 2.74. The second kappa shape index (κ2) is 10.1. The molecule has 0 saturated carbocycles. The predicted octanol–water partition coefficient (Wildman–Crippen LogP) is 1.22. The number of aromatic nitrogens is 2. The van der Waals surface area contributed by atoms with E-state index in [0.717, 1.165) is 38.4 Å². The summed E-state index contributed by atoms with van der Waals surface area (Å²) < 4.78 is 29.5. The van der Waals surface area contributed by atoms with Crippen LogP contribution in [-0.2, 0) is 9.84 Å². The molecule has 2 heterocycles. The van der Waals surface area contributed by atoms with E-state index in [4.69, 9.17) is 4.74 Å². The average molecular weight is 448 g/mol. The van der Waals surface area contributed by atoms with Crippen molar-refractivity contribution >= 4 is 21.7 Å². The maximum atomic E-state index is 12.8. The van der Waals surface area contributed by atoms with Crippen molar-refractivity contribution < 1.29 is 17.9 Å². The van der Waals surface area contributed by atoms with Gasteiger partial charge in [-0.05, 0) is 38.1 Å². The number of anilines is 1. The highest BCUT2D eigenvalue weighted by Crippen LogP contribution is 2.24. The fraction of sp³-hybridized carbons (Fsp3) is 0.476. The maximum Gasteiger partial charge on any atom is 0.255 e. The molecule has 2 aromatic rings. The summed E-state index contributed by atoms with van der Waals surface area (Å²) in [6.07, 6.45) is 4.45. The van der Waals surface area contributed by atoms with Crippen molar-refractivity contribution in [1.82, 2.24) is 20.2 Å². The number of hydrogen-bond donors (Lipinski definition) is 1. The molecule has 1 amide bonds. The van der Waals surface area contributed by atoms with Crippen LogP contribution in [0, 0.1) is 0 Å². The molecule has 31 heavy (non-hydrogen) atoms. The molecule has 1 fully saturated rings. The molecule has 3 rings (SSSR count). The fourth-order valence-electron chi connectivity index (χ4n) is 3.32. The zero-order chi connectivity index (χ0) is 22.4. The van der Waals surface area contributed by atoms with Gasteiger partial charge in [0.1, 0.15) is 5.75 Å². The van der Waals surface area contributed by atoms with Crippen molar-refractivity contribution in [2.24, 2.45) is 0 Å². The minimum atomic E-state index is -3.43. The molecule has 1 aromatic carbocycles. The van der Waals surface area contributed by atoms with Crippen LogP contribution in [0.25, 0.3) is 0 Å². The number of ether oxygens (including phenoxy) is 1. The number of hydrogen-bond acceptors (Lipinski definition) is 8. The number of nitrogens with zero attached hydrogens (tertiary/aromatic N) is 4. The summed E-state index contributed by atoms with van der Waals surface area (Å²) in [5.74, 6) is 0.757. The summed E-state index contributed by atoms with van der Waals surface area (Å²) in [6, 6.07) is 6.17. The van der Waals surface area contributed by atoms with E-state index in [2.05, 4.69) is 25.1 Å². The molecule has 0 spiro atoms. The summed E-state index contributed by atoms with van der Waals surface area (Å²) >= 11 is 0. The Morgan fingerprint density at radius 3 is 2.45 bits per heavy atom. The largest absolute Gasteiger partial charge is 0.490 e. The Kier molecular flexibility index (Phi) is 7.45. The summed E-state index contributed by atoms with van der Waals surface area (Å²) in [6.45, 7) is 8.19. The van der Waals surface area contributed by atoms with Crippen molar-refractivity contribution in [2.45, 2.75) is 24.8 Å². The van der Waals surface area contributed by atoms with Gasteiger partial charge in [0.2, 0.25) is 5.95 Å². The third-order valence-corrected chi connectivity index (χ3v) is 6.02. The summed E-state index contributed by atoms with van der Waals surface area (Å²) in [7, 11) is -3.43. The van der Waals surface area contributed by atoms with Crippen molar-refractivity contribution in [2.75, 3.05) is 50.4 Å². The van der Waals surface area contributed by atoms with Gasteiger partial charge in [0.15, 0.2) is 9.84 Å². The van der Waals surface area contributed by atoms with Crippen LogP contribution >= 0.6 is 0 Å². The lowest BCUT2D eigenvalue weighted by atomic mass is 10.2. The molecule has 0 aliphatic carbocycles. The van der Waals surface area contributed by atoms with E-state index in [1.165, 1.54) is 18.2 Å². The van der Waals surface area contributed by atoms with E-state index in [-0.39, 0.29) is 22.5 Å². The predicted molar refractivity (Wildman–Crippen MR) is 118 cm³/mol. The zero-order valence-corrected chi connectivity index (χ0v) is 18.9. The van der Waals surface area contributed by atoms with Crippen molar-refractivity contribution in [3.63, 3.8) is 0 Å². The van der Waals surface area contributed by atoms with E-state index in [1.54, 1.807) is 18.5 Å². The van der Waals surface area contributed by atoms with Gasteiger partial charge in [-0.25, -0.2) is 18.4 Å². The molecule has 1 aliphatic rings. The van der Waals surface area contributed by atoms with Gasteiger partial charge in [-0.3, -0.25) is 9.69 Å². The molecule has 1 saturated heterocycles. The number of benzene rings is 1. The second-order valence-electron chi connectivity index (χ2n) is 7.73. The number of carbonyl (C=O) groups excluding carboxylic acids is 1. The third-order valence-electron chi connectivity index (χ3n) is 4.91. The van der Waals surface area contributed by atoms with Gasteiger partial charge in [-0.15, -0.1) is 0 Å². The first-order chi connectivity index (χ1) is 14.7. The van der Waals surface area contributed by atoms with Crippen LogP contribution in [0.1, 0.15) is 24.2 Å². The highest BCUT2D eigenvalue weighted by molar-refractivity contribution is 7.90. The first-order valence-electron chi connectivity index (χ1n) is 10.3. The number of rotatable bonds is 8. The highest BCUT2D eigenvalue weighted by Gasteiger charge is 2.20. The first kappa shape index (κ1) is 23.0. The van der Waals surface area contributed by atoms with E-state index in [1.807, 2.05) is 13.8 Å². The Hall–Kier alpha value is -2.72. The van der Waals surface area contributed by atoms with Crippen LogP contribution < -0.4 is 15.0 Å². The third kappa shape index (κ3) is 6.38. The molecule has 168 valence electrons. The quantitative estimate of drug-likeness (QED) is 0.644. The van der Waals surface area contributed by atoms with Crippen LogP contribution in [-0.4, -0.2) is 80.8 Å². The molecule has 0 atom stereocenters. The molecular formula is C21H29N5O4S. The molecule has 0 unspecified atom stereocenters. The van der Waals surface area contributed by atoms with Crippen LogP contribution in [0.4, 0.5) is 5.95 Å². The smallest absolute Gasteiger partial charge is 0.255 e. The molecule has 0 radical (unpaired) electrons. The van der Waals surface area contributed by atoms with Gasteiger partial charge in [0.25, 0.3) is 5.91 Å². The van der Waals surface area contributed by atoms with Crippen LogP contribution in [0.15, 0.2) is 41.6 Å². The van der Waals surface area contributed by atoms with Gasteiger partial charge in [0.05, 0.1) is 16.6 Å². The lowest BCUT2D eigenvalue weighted by Gasteiger charge is -2.34. The van der Waals surface area contributed by atoms with Gasteiger partial charge in [-0.1, -0.05) is 0 Å². The molecule has 0 bridgehead atoms. The van der Waals surface area contributed by atoms with Crippen molar-refractivity contribution in [1.29, 1.82) is 0 Å². The number of carbonyl (C=O) groups is 1. The Morgan fingerprint density at radius 1 is 1.16 bits per heavy atom. The molecule has 1 aromatic heterocycles. The first-order valence-corrected chi connectivity index (χ1v) is 12.2. The molecular weight excluding hydrogens is 418 g/mol. The summed E-state index contributed by atoms with van der Waals surface area (Å²) in [5.41, 5.74) is 0.225. The van der Waals surface area contributed by atoms with Gasteiger partial charge >= 0.3 is 0 Å². The zero-order valence-electron chi connectivity index (χ0n) is 18.1. The number of nitrogens with one attached hydrogen (secondary N) is 1. The topological polar surface area (TPSA) is 105 Å². The molecule has 1 aliphatic heterocycles. The standard InChI is InChI=1S/C21H29N5O4S/c1-16(2)30-19-6-5-17(31(3,28)29)15-18(19)20(27)22-9-10-25-11-13-26(14-12-25)21-23-7-4-8-24-21/h4-8,15-16H,9-14H2,1-3H3,(H,22,27). The summed E-state index contributed by atoms with van der Waals surface area (Å²) in [4.78, 5) is 25.8. The molecule has 9 nitrogen and oxygen atoms in total. The SMILES string of the molecule is CC(C)Oc1ccc(S(C)(=O)=O)cc1C(=O)NCCN1CCN(c2ncccn2)CC1. The van der Waals surface area contributed by atoms with E-state index in [9.17, 15) is 13.2 Å². The lowest BCUT2D eigenvalue weighted by Crippen LogP contribution is -2.49. The van der Waals surface area contributed by atoms with Crippen LogP contribution in [0.5, 0.6) is 5.75 Å². The van der Waals surface area contributed by atoms with Crippen molar-refractivity contribution in [3.8, 4) is 5.75 Å². The van der Waals surface area contributed by atoms with E-state index >= 15 is 0 Å². The number of piperazine rings is 1. The van der Waals surface area contributed by atoms with Gasteiger partial charge in [-0.2, -0.15) is 0 Å². The summed E-state index contributed by atoms with van der Waals surface area (Å²) in [5, 5.41) is 2.89. The van der Waals surface area contributed by atoms with E-state index < -0.39 is 9.84 Å². The van der Waals surface area contributed by atoms with Gasteiger partial charge < -0.3 is 15.0 Å². The molecule has 1 N–H and O–H groups in total. The van der Waals surface area contributed by atoms with Gasteiger partial charge in [0, 0.05) is 57.9 Å². The number of amides is 1. The van der Waals surface area contributed by atoms with Crippen LogP contribution in [0.2, 0.25) is 0 Å². The monoisotopic (exact) mass is 447 g/mol. The highest BCUT2D eigenvalue weighted by atomic mass is 32.2. The number of sulfone groups is 1. The maximum absolute atomic E-state index is 12.8. The Balaban J connectivity index is 1.56. The van der Waals surface area contributed by atoms with Crippen molar-refractivity contribution in [3.05, 3.63) is 42.2 Å². The fourth-order valence-corrected chi connectivity index (χ4v) is 3.97. The van der Waals surface area contributed by atoms with Crippen LogP contribution in [0.3, 0.4) is 0 Å². The lowest BCUT2D eigenvalue weighted by molar-refractivity contribution is 0.0941. The Labute approximate surface area is 183 Å². The Bertz CT molecular complexity index is 990. The Morgan fingerprint density at radius 2 is 1.84 bits per heavy atom. The minimum absolute atomic E-state index is 0.0907. The second-order valence-corrected chi connectivity index (χ2v) is 9.75. The van der Waals surface area contributed by atoms with E-state index in [0.29, 0.717) is 18.8 Å². The minimum Gasteiger partial charge on any atom is -0.490 e.